The zero-order valence-electron chi connectivity index (χ0n) is 14.4. The fourth-order valence-corrected chi connectivity index (χ4v) is 4.70. The smallest absolute Gasteiger partial charge is 0.374 e. The number of alkyl halides is 4. The van der Waals surface area contributed by atoms with E-state index in [1.807, 2.05) is 0 Å². The molecule has 2 aromatic rings. The van der Waals surface area contributed by atoms with E-state index in [9.17, 15) is 27.5 Å². The van der Waals surface area contributed by atoms with Crippen LogP contribution in [0.25, 0.3) is 0 Å². The van der Waals surface area contributed by atoms with Crippen LogP contribution in [0.4, 0.5) is 23.2 Å². The Bertz CT molecular complexity index is 907. The van der Waals surface area contributed by atoms with Gasteiger partial charge in [-0.05, 0) is 55.3 Å². The van der Waals surface area contributed by atoms with E-state index in [1.54, 1.807) is 17.5 Å². The van der Waals surface area contributed by atoms with Crippen molar-refractivity contribution < 1.29 is 27.5 Å². The second-order valence-corrected chi connectivity index (χ2v) is 8.08. The van der Waals surface area contributed by atoms with Crippen molar-refractivity contribution >= 4 is 22.9 Å². The summed E-state index contributed by atoms with van der Waals surface area (Å²) in [6.07, 6.45) is -3.28. The second-order valence-electron chi connectivity index (χ2n) is 7.13. The normalized spacial score (nSPS) is 27.4. The summed E-state index contributed by atoms with van der Waals surface area (Å²) in [4.78, 5) is 14.9. The molecule has 0 saturated carbocycles. The van der Waals surface area contributed by atoms with Gasteiger partial charge in [0.2, 0.25) is 5.60 Å². The molecule has 4 rings (SSSR count). The Labute approximate surface area is 157 Å². The SMILES string of the molecule is C[C@]1(F)c2cc3c(cc2C1(O)C(F)(F)F)CCCCN3C(=O)c1cccs1. The average Bonchev–Trinajstić information content (AvgIpc) is 3.06. The maximum Gasteiger partial charge on any atom is 0.425 e. The minimum atomic E-state index is -5.13. The molecule has 1 aromatic heterocycles. The molecule has 1 amide bonds. The summed E-state index contributed by atoms with van der Waals surface area (Å²) in [5, 5.41) is 11.9. The lowest BCUT2D eigenvalue weighted by atomic mass is 9.61. The quantitative estimate of drug-likeness (QED) is 0.708. The van der Waals surface area contributed by atoms with Gasteiger partial charge in [0.25, 0.3) is 5.91 Å². The molecule has 2 aliphatic rings. The first-order chi connectivity index (χ1) is 12.6. The van der Waals surface area contributed by atoms with Crippen LogP contribution >= 0.6 is 11.3 Å². The molecule has 144 valence electrons. The van der Waals surface area contributed by atoms with Gasteiger partial charge >= 0.3 is 6.18 Å². The van der Waals surface area contributed by atoms with Gasteiger partial charge in [0.1, 0.15) is 0 Å². The Balaban J connectivity index is 1.85. The highest BCUT2D eigenvalue weighted by atomic mass is 32.1. The monoisotopic (exact) mass is 399 g/mol. The molecular weight excluding hydrogens is 382 g/mol. The lowest BCUT2D eigenvalue weighted by molar-refractivity contribution is -0.328. The van der Waals surface area contributed by atoms with Crippen molar-refractivity contribution in [2.75, 3.05) is 11.4 Å². The van der Waals surface area contributed by atoms with Gasteiger partial charge in [-0.25, -0.2) is 4.39 Å². The molecule has 2 heterocycles. The summed E-state index contributed by atoms with van der Waals surface area (Å²) in [5.41, 5.74) is -6.22. The topological polar surface area (TPSA) is 40.5 Å². The highest BCUT2D eigenvalue weighted by Gasteiger charge is 2.74. The molecule has 2 atom stereocenters. The molecule has 0 fully saturated rings. The number of amides is 1. The largest absolute Gasteiger partial charge is 0.425 e. The maximum absolute atomic E-state index is 14.9. The third-order valence-corrected chi connectivity index (χ3v) is 6.41. The van der Waals surface area contributed by atoms with Crippen molar-refractivity contribution in [2.24, 2.45) is 0 Å². The third-order valence-electron chi connectivity index (χ3n) is 5.55. The number of nitrogens with zero attached hydrogens (tertiary/aromatic N) is 1. The molecular formula is C19H17F4NO2S. The van der Waals surface area contributed by atoms with Crippen molar-refractivity contribution in [2.45, 2.75) is 43.6 Å². The van der Waals surface area contributed by atoms with Crippen LogP contribution in [0.3, 0.4) is 0 Å². The number of aryl methyl sites for hydroxylation is 1. The summed E-state index contributed by atoms with van der Waals surface area (Å²) < 4.78 is 55.2. The number of aliphatic hydroxyl groups is 1. The average molecular weight is 399 g/mol. The summed E-state index contributed by atoms with van der Waals surface area (Å²) in [5.74, 6) is -0.251. The van der Waals surface area contributed by atoms with E-state index in [0.717, 1.165) is 6.92 Å². The first kappa shape index (κ1) is 18.4. The third kappa shape index (κ3) is 2.39. The van der Waals surface area contributed by atoms with Crippen LogP contribution in [-0.4, -0.2) is 23.7 Å². The summed E-state index contributed by atoms with van der Waals surface area (Å²) in [6, 6.07) is 5.96. The van der Waals surface area contributed by atoms with E-state index in [0.29, 0.717) is 41.9 Å². The van der Waals surface area contributed by atoms with E-state index in [1.165, 1.54) is 28.4 Å². The zero-order valence-corrected chi connectivity index (χ0v) is 15.3. The van der Waals surface area contributed by atoms with Crippen LogP contribution in [0.15, 0.2) is 29.6 Å². The van der Waals surface area contributed by atoms with Crippen molar-refractivity contribution in [1.82, 2.24) is 0 Å². The number of carbonyl (C=O) groups excluding carboxylic acids is 1. The van der Waals surface area contributed by atoms with Crippen LogP contribution in [0.2, 0.25) is 0 Å². The molecule has 0 spiro atoms. The Morgan fingerprint density at radius 2 is 2.00 bits per heavy atom. The highest BCUT2D eigenvalue weighted by molar-refractivity contribution is 7.12. The van der Waals surface area contributed by atoms with E-state index >= 15 is 0 Å². The predicted octanol–water partition coefficient (Wildman–Crippen LogP) is 4.68. The number of rotatable bonds is 1. The summed E-state index contributed by atoms with van der Waals surface area (Å²) in [7, 11) is 0. The standard InChI is InChI=1S/C19H17F4NO2S/c1-17(20)12-10-14-11(9-13(12)18(17,26)19(21,22)23)5-2-3-7-24(14)16(25)15-6-4-8-27-15/h4,6,8-10,26H,2-3,5,7H2,1H3/t17-,18?/m0/s1. The molecule has 1 aliphatic carbocycles. The Kier molecular flexibility index (Phi) is 3.95. The van der Waals surface area contributed by atoms with E-state index in [-0.39, 0.29) is 11.5 Å². The van der Waals surface area contributed by atoms with Crippen LogP contribution in [0, 0.1) is 0 Å². The van der Waals surface area contributed by atoms with Gasteiger partial charge < -0.3 is 10.0 Å². The minimum Gasteiger partial charge on any atom is -0.374 e. The number of hydrogen-bond donors (Lipinski definition) is 1. The minimum absolute atomic E-state index is 0.216. The first-order valence-electron chi connectivity index (χ1n) is 8.60. The molecule has 0 bridgehead atoms. The molecule has 1 N–H and O–H groups in total. The van der Waals surface area contributed by atoms with Gasteiger partial charge in [-0.2, -0.15) is 13.2 Å². The zero-order chi connectivity index (χ0) is 19.6. The lowest BCUT2D eigenvalue weighted by Crippen LogP contribution is -2.62. The molecule has 0 radical (unpaired) electrons. The van der Waals surface area contributed by atoms with Gasteiger partial charge in [-0.3, -0.25) is 4.79 Å². The number of carbonyl (C=O) groups is 1. The molecule has 1 unspecified atom stereocenters. The highest BCUT2D eigenvalue weighted by Crippen LogP contribution is 2.63. The van der Waals surface area contributed by atoms with Gasteiger partial charge in [0.15, 0.2) is 5.67 Å². The fraction of sp³-hybridized carbons (Fsp3) is 0.421. The van der Waals surface area contributed by atoms with Crippen molar-refractivity contribution in [3.63, 3.8) is 0 Å². The van der Waals surface area contributed by atoms with E-state index < -0.39 is 23.0 Å². The lowest BCUT2D eigenvalue weighted by Gasteiger charge is -2.51. The van der Waals surface area contributed by atoms with Crippen LogP contribution in [-0.2, 0) is 17.7 Å². The Morgan fingerprint density at radius 1 is 1.26 bits per heavy atom. The number of hydrogen-bond acceptors (Lipinski definition) is 3. The number of thiophene rings is 1. The molecule has 1 aliphatic heterocycles. The summed E-state index contributed by atoms with van der Waals surface area (Å²) >= 11 is 1.28. The Hall–Kier alpha value is -1.93. The van der Waals surface area contributed by atoms with E-state index in [4.69, 9.17) is 0 Å². The van der Waals surface area contributed by atoms with Crippen molar-refractivity contribution in [3.8, 4) is 0 Å². The van der Waals surface area contributed by atoms with Crippen LogP contribution in [0.5, 0.6) is 0 Å². The molecule has 8 heteroatoms. The van der Waals surface area contributed by atoms with Crippen molar-refractivity contribution in [1.29, 1.82) is 0 Å². The van der Waals surface area contributed by atoms with E-state index in [2.05, 4.69) is 0 Å². The van der Waals surface area contributed by atoms with Crippen molar-refractivity contribution in [3.05, 3.63) is 51.2 Å². The first-order valence-corrected chi connectivity index (χ1v) is 9.48. The second kappa shape index (κ2) is 5.78. The molecule has 0 saturated heterocycles. The molecule has 3 nitrogen and oxygen atoms in total. The molecule has 27 heavy (non-hydrogen) atoms. The predicted molar refractivity (Wildman–Crippen MR) is 93.8 cm³/mol. The summed E-state index contributed by atoms with van der Waals surface area (Å²) in [6.45, 7) is 1.15. The van der Waals surface area contributed by atoms with Gasteiger partial charge in [0, 0.05) is 23.4 Å². The van der Waals surface area contributed by atoms with Crippen LogP contribution in [0.1, 0.15) is 46.1 Å². The van der Waals surface area contributed by atoms with Gasteiger partial charge in [-0.15, -0.1) is 11.3 Å². The molecule has 1 aromatic carbocycles. The number of fused-ring (bicyclic) bond motifs is 2. The maximum atomic E-state index is 14.9. The Morgan fingerprint density at radius 3 is 2.63 bits per heavy atom. The fourth-order valence-electron chi connectivity index (χ4n) is 4.03. The van der Waals surface area contributed by atoms with Crippen LogP contribution < -0.4 is 4.90 Å². The van der Waals surface area contributed by atoms with Gasteiger partial charge in [-0.1, -0.05) is 6.07 Å². The number of halogens is 4. The number of anilines is 1. The van der Waals surface area contributed by atoms with Gasteiger partial charge in [0.05, 0.1) is 4.88 Å². The number of benzene rings is 1.